The lowest BCUT2D eigenvalue weighted by molar-refractivity contribution is -1.01. The maximum absolute atomic E-state index is 13.2. The molecule has 2 unspecified atom stereocenters. The Morgan fingerprint density at radius 3 is 2.47 bits per heavy atom. The number of pyridine rings is 1. The minimum atomic E-state index is -0.226. The van der Waals surface area contributed by atoms with Crippen LogP contribution in [-0.2, 0) is 4.74 Å². The topological polar surface area (TPSA) is 60.3 Å². The summed E-state index contributed by atoms with van der Waals surface area (Å²) in [5.74, 6) is -0.226. The van der Waals surface area contributed by atoms with Gasteiger partial charge in [-0.05, 0) is 31.4 Å². The van der Waals surface area contributed by atoms with Crippen LogP contribution >= 0.6 is 0 Å². The molecule has 3 aliphatic rings. The van der Waals surface area contributed by atoms with Gasteiger partial charge in [0.15, 0.2) is 6.10 Å². The lowest BCUT2D eigenvalue weighted by atomic mass is 9.88. The molecule has 2 bridgehead atoms. The number of hydrogen-bond acceptors (Lipinski definition) is 3. The van der Waals surface area contributed by atoms with Crippen LogP contribution in [0.5, 0.6) is 0 Å². The van der Waals surface area contributed by atoms with Gasteiger partial charge in [-0.25, -0.2) is 0 Å². The number of carbonyl (C=O) groups is 1. The zero-order valence-electron chi connectivity index (χ0n) is 18.1. The summed E-state index contributed by atoms with van der Waals surface area (Å²) in [6.45, 7) is 6.21. The van der Waals surface area contributed by atoms with E-state index in [2.05, 4.69) is 5.32 Å². The zero-order chi connectivity index (χ0) is 21.0. The Hall–Kier alpha value is -2.18. The fourth-order valence-corrected chi connectivity index (χ4v) is 6.40. The highest BCUT2D eigenvalue weighted by Gasteiger charge is 2.60. The lowest BCUT2D eigenvalue weighted by Crippen LogP contribution is -2.75. The van der Waals surface area contributed by atoms with Crippen LogP contribution in [0.3, 0.4) is 0 Å². The summed E-state index contributed by atoms with van der Waals surface area (Å²) in [6, 6.07) is 10.9. The molecule has 0 radical (unpaired) electrons. The van der Waals surface area contributed by atoms with Gasteiger partial charge in [-0.2, -0.15) is 0 Å². The average molecular weight is 411 g/mol. The molecule has 4 heterocycles. The van der Waals surface area contributed by atoms with Crippen LogP contribution < -0.4 is 10.9 Å². The smallest absolute Gasteiger partial charge is 0.264 e. The molecule has 6 nitrogen and oxygen atoms in total. The molecule has 2 aromatic rings. The van der Waals surface area contributed by atoms with Gasteiger partial charge in [0.1, 0.15) is 18.7 Å². The number of quaternary nitrogens is 1. The van der Waals surface area contributed by atoms with E-state index >= 15 is 0 Å². The Bertz CT molecular complexity index is 1020. The molecule has 3 fully saturated rings. The van der Waals surface area contributed by atoms with E-state index < -0.39 is 0 Å². The Morgan fingerprint density at radius 1 is 1.17 bits per heavy atom. The van der Waals surface area contributed by atoms with Gasteiger partial charge in [-0.3, -0.25) is 9.59 Å². The molecule has 30 heavy (non-hydrogen) atoms. The maximum atomic E-state index is 13.2. The fraction of sp³-hybridized carbons (Fsp3) is 0.583. The molecule has 1 aromatic heterocycles. The highest BCUT2D eigenvalue weighted by Crippen LogP contribution is 2.47. The number of rotatable bonds is 4. The molecule has 1 spiro atoms. The van der Waals surface area contributed by atoms with Gasteiger partial charge < -0.3 is 19.1 Å². The van der Waals surface area contributed by atoms with Crippen molar-refractivity contribution in [1.29, 1.82) is 0 Å². The molecule has 0 aliphatic carbocycles. The molecule has 3 saturated heterocycles. The van der Waals surface area contributed by atoms with Crippen LogP contribution in [0, 0.1) is 0 Å². The first-order chi connectivity index (χ1) is 14.4. The standard InChI is InChI=1S/C24H31N3O3/c1-15(2)26-22-7-5-4-6-16(22)10-21(24(26)29)23(28)25-17-11-18-8-9-19(12-17)27(18)13-20(14-27)30-3/h4-7,10,15,17-20H,8-9,11-14H2,1-3H3/p+1/t17?,18-,19?,20?,27?/m1/s1. The summed E-state index contributed by atoms with van der Waals surface area (Å²) in [5, 5.41) is 4.15. The molecule has 1 N–H and O–H groups in total. The van der Waals surface area contributed by atoms with Crippen molar-refractivity contribution in [2.75, 3.05) is 20.2 Å². The number of benzene rings is 1. The highest BCUT2D eigenvalue weighted by atomic mass is 16.5. The SMILES string of the molecule is COC1C[N+]2(C1)C1CC[C@@H]2CC(NC(=O)c2cc3ccccc3n(C(C)C)c2=O)C1. The first-order valence-electron chi connectivity index (χ1n) is 11.3. The first kappa shape index (κ1) is 19.8. The summed E-state index contributed by atoms with van der Waals surface area (Å²) < 4.78 is 8.48. The maximum Gasteiger partial charge on any atom is 0.264 e. The lowest BCUT2D eigenvalue weighted by Gasteiger charge is -2.57. The fourth-order valence-electron chi connectivity index (χ4n) is 6.40. The third-order valence-corrected chi connectivity index (χ3v) is 7.86. The van der Waals surface area contributed by atoms with Crippen LogP contribution in [0.25, 0.3) is 10.9 Å². The van der Waals surface area contributed by atoms with Crippen molar-refractivity contribution in [3.63, 3.8) is 0 Å². The molecule has 0 saturated carbocycles. The van der Waals surface area contributed by atoms with E-state index in [0.717, 1.165) is 36.8 Å². The third-order valence-electron chi connectivity index (χ3n) is 7.86. The van der Waals surface area contributed by atoms with Crippen LogP contribution in [-0.4, -0.2) is 59.4 Å². The van der Waals surface area contributed by atoms with Gasteiger partial charge in [0.25, 0.3) is 11.5 Å². The van der Waals surface area contributed by atoms with Crippen LogP contribution in [0.1, 0.15) is 55.9 Å². The second-order valence-electron chi connectivity index (χ2n) is 9.74. The highest BCUT2D eigenvalue weighted by molar-refractivity contribution is 5.97. The van der Waals surface area contributed by atoms with E-state index in [-0.39, 0.29) is 29.1 Å². The Morgan fingerprint density at radius 2 is 1.83 bits per heavy atom. The van der Waals surface area contributed by atoms with E-state index in [0.29, 0.717) is 18.2 Å². The monoisotopic (exact) mass is 410 g/mol. The van der Waals surface area contributed by atoms with E-state index in [1.165, 1.54) is 17.3 Å². The quantitative estimate of drug-likeness (QED) is 0.789. The van der Waals surface area contributed by atoms with Crippen molar-refractivity contribution in [3.05, 3.63) is 46.2 Å². The minimum absolute atomic E-state index is 0.00909. The van der Waals surface area contributed by atoms with Gasteiger partial charge in [0.2, 0.25) is 0 Å². The molecule has 1 amide bonds. The second-order valence-corrected chi connectivity index (χ2v) is 9.74. The normalized spacial score (nSPS) is 32.5. The zero-order valence-corrected chi connectivity index (χ0v) is 18.1. The molecule has 3 atom stereocenters. The number of aromatic nitrogens is 1. The van der Waals surface area contributed by atoms with Gasteiger partial charge in [0, 0.05) is 44.9 Å². The number of fused-ring (bicyclic) bond motifs is 1. The number of carbonyl (C=O) groups excluding carboxylic acids is 1. The number of nitrogens with zero attached hydrogens (tertiary/aromatic N) is 2. The number of ether oxygens (including phenoxy) is 1. The van der Waals surface area contributed by atoms with E-state index in [1.807, 2.05) is 45.2 Å². The van der Waals surface area contributed by atoms with Gasteiger partial charge >= 0.3 is 0 Å². The Kier molecular flexibility index (Phi) is 4.75. The minimum Gasteiger partial charge on any atom is -0.370 e. The number of amides is 1. The molecule has 3 aliphatic heterocycles. The number of nitrogens with one attached hydrogen (secondary N) is 1. The van der Waals surface area contributed by atoms with Crippen molar-refractivity contribution >= 4 is 16.8 Å². The number of piperidine rings is 1. The van der Waals surface area contributed by atoms with Gasteiger partial charge in [0.05, 0.1) is 17.6 Å². The Balaban J connectivity index is 1.38. The molecule has 160 valence electrons. The Labute approximate surface area is 177 Å². The number of hydrogen-bond donors (Lipinski definition) is 1. The number of methoxy groups -OCH3 is 1. The summed E-state index contributed by atoms with van der Waals surface area (Å²) in [7, 11) is 1.81. The summed E-state index contributed by atoms with van der Waals surface area (Å²) in [6.07, 6.45) is 4.88. The average Bonchev–Trinajstić information content (AvgIpc) is 2.89. The molecule has 5 rings (SSSR count). The first-order valence-corrected chi connectivity index (χ1v) is 11.3. The second kappa shape index (κ2) is 7.20. The molecule has 6 heteroatoms. The van der Waals surface area contributed by atoms with Crippen molar-refractivity contribution in [2.24, 2.45) is 0 Å². The van der Waals surface area contributed by atoms with Gasteiger partial charge in [-0.1, -0.05) is 18.2 Å². The van der Waals surface area contributed by atoms with E-state index in [9.17, 15) is 9.59 Å². The van der Waals surface area contributed by atoms with Crippen molar-refractivity contribution in [3.8, 4) is 0 Å². The summed E-state index contributed by atoms with van der Waals surface area (Å²) in [4.78, 5) is 26.3. The predicted molar refractivity (Wildman–Crippen MR) is 117 cm³/mol. The van der Waals surface area contributed by atoms with E-state index in [4.69, 9.17) is 4.74 Å². The predicted octanol–water partition coefficient (Wildman–Crippen LogP) is 2.85. The van der Waals surface area contributed by atoms with Crippen molar-refractivity contribution in [1.82, 2.24) is 9.88 Å². The summed E-state index contributed by atoms with van der Waals surface area (Å²) in [5.41, 5.74) is 0.934. The molecule has 1 aromatic carbocycles. The van der Waals surface area contributed by atoms with E-state index in [1.54, 1.807) is 10.6 Å². The van der Waals surface area contributed by atoms with Crippen LogP contribution in [0.4, 0.5) is 0 Å². The number of para-hydroxylation sites is 1. The third kappa shape index (κ3) is 2.92. The van der Waals surface area contributed by atoms with Gasteiger partial charge in [-0.15, -0.1) is 0 Å². The summed E-state index contributed by atoms with van der Waals surface area (Å²) >= 11 is 0. The van der Waals surface area contributed by atoms with Crippen molar-refractivity contribution < 1.29 is 14.0 Å². The molecular weight excluding hydrogens is 378 g/mol. The van der Waals surface area contributed by atoms with Crippen LogP contribution in [0.2, 0.25) is 0 Å². The largest absolute Gasteiger partial charge is 0.370 e. The van der Waals surface area contributed by atoms with Crippen molar-refractivity contribution in [2.45, 2.75) is 69.8 Å². The molecular formula is C24H32N3O3+. The van der Waals surface area contributed by atoms with Crippen LogP contribution in [0.15, 0.2) is 35.1 Å².